The van der Waals surface area contributed by atoms with Gasteiger partial charge in [-0.15, -0.1) is 11.6 Å². The molecule has 0 spiro atoms. The first kappa shape index (κ1) is 14.8. The molecule has 2 aromatic rings. The molecule has 0 bridgehead atoms. The van der Waals surface area contributed by atoms with Crippen LogP contribution in [0.2, 0.25) is 0 Å². The van der Waals surface area contributed by atoms with E-state index in [0.29, 0.717) is 11.1 Å². The van der Waals surface area contributed by atoms with Gasteiger partial charge in [0.1, 0.15) is 6.61 Å². The van der Waals surface area contributed by atoms with Crippen molar-refractivity contribution in [2.45, 2.75) is 12.5 Å². The summed E-state index contributed by atoms with van der Waals surface area (Å²) in [5.74, 6) is 0.384. The fraction of sp³-hybridized carbons (Fsp3) is 0.133. The van der Waals surface area contributed by atoms with E-state index in [0.717, 1.165) is 5.56 Å². The molecule has 0 aliphatic rings. The lowest BCUT2D eigenvalue weighted by Crippen LogP contribution is -2.01. The van der Waals surface area contributed by atoms with Gasteiger partial charge in [-0.1, -0.05) is 24.3 Å². The molecule has 0 radical (unpaired) electrons. The molecule has 0 N–H and O–H groups in total. The van der Waals surface area contributed by atoms with E-state index in [1.807, 2.05) is 0 Å². The SMILES string of the molecule is N#Cc1ccccc1COc1cc(CCl)ccc1[N+](=O)[O-]. The highest BCUT2D eigenvalue weighted by atomic mass is 35.5. The molecule has 0 aliphatic heterocycles. The largest absolute Gasteiger partial charge is 0.482 e. The van der Waals surface area contributed by atoms with E-state index in [4.69, 9.17) is 21.6 Å². The van der Waals surface area contributed by atoms with Crippen LogP contribution in [-0.4, -0.2) is 4.92 Å². The van der Waals surface area contributed by atoms with Gasteiger partial charge >= 0.3 is 5.69 Å². The standard InChI is InChI=1S/C15H11ClN2O3/c16-8-11-5-6-14(18(19)20)15(7-11)21-10-13-4-2-1-3-12(13)9-17/h1-7H,8,10H2. The van der Waals surface area contributed by atoms with Crippen molar-refractivity contribution in [3.8, 4) is 11.8 Å². The van der Waals surface area contributed by atoms with Crippen LogP contribution >= 0.6 is 11.6 Å². The third-order valence-electron chi connectivity index (χ3n) is 2.90. The number of nitro benzene ring substituents is 1. The smallest absolute Gasteiger partial charge is 0.310 e. The number of ether oxygens (including phenoxy) is 1. The molecule has 0 saturated heterocycles. The van der Waals surface area contributed by atoms with E-state index >= 15 is 0 Å². The second-order valence-electron chi connectivity index (χ2n) is 4.25. The number of hydrogen-bond donors (Lipinski definition) is 0. The second kappa shape index (κ2) is 6.73. The van der Waals surface area contributed by atoms with Crippen LogP contribution in [0.5, 0.6) is 5.75 Å². The molecule has 0 unspecified atom stereocenters. The van der Waals surface area contributed by atoms with Gasteiger partial charge in [0.25, 0.3) is 0 Å². The van der Waals surface area contributed by atoms with Gasteiger partial charge in [-0.2, -0.15) is 5.26 Å². The van der Waals surface area contributed by atoms with Crippen molar-refractivity contribution in [2.24, 2.45) is 0 Å². The Hall–Kier alpha value is -2.58. The molecule has 6 heteroatoms. The van der Waals surface area contributed by atoms with Gasteiger partial charge in [0.05, 0.1) is 16.6 Å². The number of hydrogen-bond acceptors (Lipinski definition) is 4. The number of halogens is 1. The first-order valence-corrected chi connectivity index (χ1v) is 6.63. The van der Waals surface area contributed by atoms with Crippen LogP contribution in [0.1, 0.15) is 16.7 Å². The predicted octanol–water partition coefficient (Wildman–Crippen LogP) is 3.78. The molecule has 2 rings (SSSR count). The van der Waals surface area contributed by atoms with Gasteiger partial charge in [-0.25, -0.2) is 0 Å². The topological polar surface area (TPSA) is 76.2 Å². The van der Waals surface area contributed by atoms with Crippen molar-refractivity contribution < 1.29 is 9.66 Å². The molecule has 5 nitrogen and oxygen atoms in total. The zero-order valence-corrected chi connectivity index (χ0v) is 11.7. The number of rotatable bonds is 5. The molecule has 0 saturated carbocycles. The summed E-state index contributed by atoms with van der Waals surface area (Å²) in [6.45, 7) is 0.0797. The first-order chi connectivity index (χ1) is 10.2. The fourth-order valence-electron chi connectivity index (χ4n) is 1.82. The summed E-state index contributed by atoms with van der Waals surface area (Å²) in [6.07, 6.45) is 0. The molecule has 0 aromatic heterocycles. The average molecular weight is 303 g/mol. The van der Waals surface area contributed by atoms with Crippen LogP contribution in [0.25, 0.3) is 0 Å². The van der Waals surface area contributed by atoms with Gasteiger partial charge in [0.15, 0.2) is 5.75 Å². The van der Waals surface area contributed by atoms with Crippen molar-refractivity contribution >= 4 is 17.3 Å². The van der Waals surface area contributed by atoms with Crippen LogP contribution in [-0.2, 0) is 12.5 Å². The monoisotopic (exact) mass is 302 g/mol. The Balaban J connectivity index is 2.27. The van der Waals surface area contributed by atoms with Crippen molar-refractivity contribution in [1.82, 2.24) is 0 Å². The Bertz CT molecular complexity index is 710. The summed E-state index contributed by atoms with van der Waals surface area (Å²) < 4.78 is 5.52. The van der Waals surface area contributed by atoms with E-state index < -0.39 is 4.92 Å². The quantitative estimate of drug-likeness (QED) is 0.478. The lowest BCUT2D eigenvalue weighted by Gasteiger charge is -2.09. The summed E-state index contributed by atoms with van der Waals surface area (Å²) in [6, 6.07) is 13.5. The Morgan fingerprint density at radius 2 is 2.05 bits per heavy atom. The molecule has 0 heterocycles. The third-order valence-corrected chi connectivity index (χ3v) is 3.20. The van der Waals surface area contributed by atoms with Gasteiger partial charge < -0.3 is 4.74 Å². The second-order valence-corrected chi connectivity index (χ2v) is 4.52. The molecular formula is C15H11ClN2O3. The summed E-state index contributed by atoms with van der Waals surface area (Å²) in [5.41, 5.74) is 1.75. The number of nitrogens with zero attached hydrogens (tertiary/aromatic N) is 2. The Labute approximate surface area is 126 Å². The van der Waals surface area contributed by atoms with Crippen LogP contribution in [0, 0.1) is 21.4 Å². The number of alkyl halides is 1. The summed E-state index contributed by atoms with van der Waals surface area (Å²) in [5, 5.41) is 20.0. The van der Waals surface area contributed by atoms with E-state index in [1.165, 1.54) is 6.07 Å². The highest BCUT2D eigenvalue weighted by Crippen LogP contribution is 2.29. The highest BCUT2D eigenvalue weighted by Gasteiger charge is 2.16. The van der Waals surface area contributed by atoms with Gasteiger partial charge in [0, 0.05) is 17.5 Å². The molecule has 0 atom stereocenters. The highest BCUT2D eigenvalue weighted by molar-refractivity contribution is 6.17. The molecule has 0 aliphatic carbocycles. The normalized spacial score (nSPS) is 9.90. The summed E-state index contributed by atoms with van der Waals surface area (Å²) in [4.78, 5) is 10.5. The van der Waals surface area contributed by atoms with Crippen molar-refractivity contribution in [2.75, 3.05) is 0 Å². The van der Waals surface area contributed by atoms with E-state index in [1.54, 1.807) is 36.4 Å². The van der Waals surface area contributed by atoms with E-state index in [9.17, 15) is 10.1 Å². The van der Waals surface area contributed by atoms with E-state index in [-0.39, 0.29) is 23.9 Å². The summed E-state index contributed by atoms with van der Waals surface area (Å²) in [7, 11) is 0. The summed E-state index contributed by atoms with van der Waals surface area (Å²) >= 11 is 5.73. The maximum Gasteiger partial charge on any atom is 0.310 e. The maximum atomic E-state index is 11.0. The van der Waals surface area contributed by atoms with Crippen LogP contribution in [0.4, 0.5) is 5.69 Å². The number of nitro groups is 1. The van der Waals surface area contributed by atoms with Gasteiger partial charge in [-0.05, 0) is 17.7 Å². The molecule has 0 fully saturated rings. The third kappa shape index (κ3) is 3.50. The minimum absolute atomic E-state index is 0.0797. The lowest BCUT2D eigenvalue weighted by molar-refractivity contribution is -0.386. The Morgan fingerprint density at radius 1 is 1.29 bits per heavy atom. The Kier molecular flexibility index (Phi) is 4.75. The minimum Gasteiger partial charge on any atom is -0.482 e. The zero-order chi connectivity index (χ0) is 15.2. The van der Waals surface area contributed by atoms with Crippen molar-refractivity contribution in [3.05, 3.63) is 69.3 Å². The lowest BCUT2D eigenvalue weighted by atomic mass is 10.1. The van der Waals surface area contributed by atoms with Crippen LogP contribution < -0.4 is 4.74 Å². The predicted molar refractivity (Wildman–Crippen MR) is 78.1 cm³/mol. The van der Waals surface area contributed by atoms with Crippen molar-refractivity contribution in [3.63, 3.8) is 0 Å². The fourth-order valence-corrected chi connectivity index (χ4v) is 1.99. The minimum atomic E-state index is -0.510. The Morgan fingerprint density at radius 3 is 2.71 bits per heavy atom. The number of nitriles is 1. The van der Waals surface area contributed by atoms with Crippen LogP contribution in [0.3, 0.4) is 0 Å². The molecule has 2 aromatic carbocycles. The van der Waals surface area contributed by atoms with Crippen molar-refractivity contribution in [1.29, 1.82) is 5.26 Å². The molecule has 21 heavy (non-hydrogen) atoms. The van der Waals surface area contributed by atoms with E-state index in [2.05, 4.69) is 6.07 Å². The maximum absolute atomic E-state index is 11.0. The molecule has 106 valence electrons. The zero-order valence-electron chi connectivity index (χ0n) is 11.0. The molecular weight excluding hydrogens is 292 g/mol. The number of benzene rings is 2. The average Bonchev–Trinajstić information content (AvgIpc) is 2.52. The van der Waals surface area contributed by atoms with Gasteiger partial charge in [-0.3, -0.25) is 10.1 Å². The van der Waals surface area contributed by atoms with Gasteiger partial charge in [0.2, 0.25) is 0 Å². The molecule has 0 amide bonds. The van der Waals surface area contributed by atoms with Crippen LogP contribution in [0.15, 0.2) is 42.5 Å². The first-order valence-electron chi connectivity index (χ1n) is 6.09.